The summed E-state index contributed by atoms with van der Waals surface area (Å²) in [7, 11) is 5.64. The number of hydrogen-bond donors (Lipinski definition) is 2. The number of nitro benzene ring substituents is 1. The Morgan fingerprint density at radius 1 is 1.30 bits per heavy atom. The van der Waals surface area contributed by atoms with Crippen molar-refractivity contribution in [3.63, 3.8) is 0 Å². The van der Waals surface area contributed by atoms with Crippen LogP contribution in [-0.2, 0) is 0 Å². The van der Waals surface area contributed by atoms with E-state index in [-0.39, 0.29) is 28.5 Å². The third kappa shape index (κ3) is 5.21. The molecule has 2 fully saturated rings. The Balaban J connectivity index is 1.59. The number of rotatable bonds is 8. The third-order valence-electron chi connectivity index (χ3n) is 6.01. The Hall–Kier alpha value is -2.89. The molecule has 12 heteroatoms. The van der Waals surface area contributed by atoms with Gasteiger partial charge in [-0.2, -0.15) is 4.98 Å². The van der Waals surface area contributed by atoms with Crippen LogP contribution in [-0.4, -0.2) is 79.3 Å². The Morgan fingerprint density at radius 2 is 2.03 bits per heavy atom. The maximum Gasteiger partial charge on any atom is 0.294 e. The Labute approximate surface area is 197 Å². The maximum atomic E-state index is 11.9. The largest absolute Gasteiger partial charge is 0.494 e. The lowest BCUT2D eigenvalue weighted by atomic mass is 10.0. The first-order valence-corrected chi connectivity index (χ1v) is 11.2. The molecule has 0 amide bonds. The van der Waals surface area contributed by atoms with Crippen LogP contribution in [0.5, 0.6) is 11.6 Å². The van der Waals surface area contributed by atoms with Gasteiger partial charge in [-0.15, -0.1) is 0 Å². The number of hydrogen-bond acceptors (Lipinski definition) is 10. The molecule has 2 saturated heterocycles. The molecule has 1 aromatic heterocycles. The fourth-order valence-corrected chi connectivity index (χ4v) is 4.10. The highest BCUT2D eigenvalue weighted by molar-refractivity contribution is 6.31. The van der Waals surface area contributed by atoms with Crippen molar-refractivity contribution in [3.8, 4) is 11.6 Å². The van der Waals surface area contributed by atoms with Crippen LogP contribution < -0.4 is 25.0 Å². The highest BCUT2D eigenvalue weighted by Gasteiger charge is 2.28. The van der Waals surface area contributed by atoms with Gasteiger partial charge >= 0.3 is 0 Å². The SMILES string of the molecule is COc1cc(N2CCC(N(C)C)CC2)c([N+](=O)[O-])cc1Nc1ncc(Cl)c(OC2CNC2)n1. The van der Waals surface area contributed by atoms with Crippen molar-refractivity contribution < 1.29 is 14.4 Å². The number of nitrogens with one attached hydrogen (secondary N) is 2. The molecule has 2 aromatic rings. The molecule has 33 heavy (non-hydrogen) atoms. The number of halogens is 1. The van der Waals surface area contributed by atoms with E-state index in [1.54, 1.807) is 6.07 Å². The van der Waals surface area contributed by atoms with Gasteiger partial charge in [0.1, 0.15) is 22.6 Å². The number of anilines is 3. The van der Waals surface area contributed by atoms with Gasteiger partial charge in [0.05, 0.1) is 23.9 Å². The van der Waals surface area contributed by atoms with E-state index in [9.17, 15) is 10.1 Å². The molecule has 0 unspecified atom stereocenters. The second-order valence-electron chi connectivity index (χ2n) is 8.35. The summed E-state index contributed by atoms with van der Waals surface area (Å²) in [4.78, 5) is 24.3. The molecule has 4 rings (SSSR count). The third-order valence-corrected chi connectivity index (χ3v) is 6.27. The fraction of sp³-hybridized carbons (Fsp3) is 0.524. The van der Waals surface area contributed by atoms with Crippen LogP contribution in [0.2, 0.25) is 5.02 Å². The van der Waals surface area contributed by atoms with Crippen molar-refractivity contribution in [2.45, 2.75) is 25.0 Å². The average molecular weight is 478 g/mol. The molecule has 178 valence electrons. The molecule has 2 aliphatic rings. The number of nitrogens with zero attached hydrogens (tertiary/aromatic N) is 5. The first-order chi connectivity index (χ1) is 15.9. The van der Waals surface area contributed by atoms with Gasteiger partial charge in [-0.1, -0.05) is 11.6 Å². The van der Waals surface area contributed by atoms with Crippen LogP contribution in [0.4, 0.5) is 23.0 Å². The van der Waals surface area contributed by atoms with E-state index >= 15 is 0 Å². The second kappa shape index (κ2) is 9.94. The summed E-state index contributed by atoms with van der Waals surface area (Å²) < 4.78 is 11.3. The van der Waals surface area contributed by atoms with Crippen molar-refractivity contribution in [1.29, 1.82) is 0 Å². The molecular weight excluding hydrogens is 450 g/mol. The van der Waals surface area contributed by atoms with Gasteiger partial charge in [0.2, 0.25) is 11.8 Å². The van der Waals surface area contributed by atoms with E-state index in [4.69, 9.17) is 21.1 Å². The highest BCUT2D eigenvalue weighted by atomic mass is 35.5. The number of methoxy groups -OCH3 is 1. The van der Waals surface area contributed by atoms with E-state index in [0.717, 1.165) is 39.0 Å². The monoisotopic (exact) mass is 477 g/mol. The van der Waals surface area contributed by atoms with Crippen LogP contribution in [0.3, 0.4) is 0 Å². The minimum absolute atomic E-state index is 0.00297. The van der Waals surface area contributed by atoms with Gasteiger partial charge in [0, 0.05) is 44.4 Å². The van der Waals surface area contributed by atoms with E-state index < -0.39 is 0 Å². The van der Waals surface area contributed by atoms with Crippen molar-refractivity contribution in [2.75, 3.05) is 57.6 Å². The Kier molecular flexibility index (Phi) is 7.01. The summed E-state index contributed by atoms with van der Waals surface area (Å²) in [6.45, 7) is 2.90. The van der Waals surface area contributed by atoms with Gasteiger partial charge < -0.3 is 29.9 Å². The van der Waals surface area contributed by atoms with Gasteiger partial charge in [0.15, 0.2) is 0 Å². The number of benzene rings is 1. The summed E-state index contributed by atoms with van der Waals surface area (Å²) in [5, 5.41) is 18.4. The molecule has 2 aliphatic heterocycles. The van der Waals surface area contributed by atoms with Gasteiger partial charge in [-0.05, 0) is 26.9 Å². The zero-order chi connectivity index (χ0) is 23.5. The molecule has 0 radical (unpaired) electrons. The molecule has 1 aromatic carbocycles. The second-order valence-corrected chi connectivity index (χ2v) is 8.76. The number of nitro groups is 1. The molecule has 3 heterocycles. The van der Waals surface area contributed by atoms with Crippen molar-refractivity contribution in [1.82, 2.24) is 20.2 Å². The predicted molar refractivity (Wildman–Crippen MR) is 126 cm³/mol. The lowest BCUT2D eigenvalue weighted by Crippen LogP contribution is -2.50. The van der Waals surface area contributed by atoms with Gasteiger partial charge in [0.25, 0.3) is 5.69 Å². The fourth-order valence-electron chi connectivity index (χ4n) is 3.97. The van der Waals surface area contributed by atoms with Crippen LogP contribution in [0.1, 0.15) is 12.8 Å². The zero-order valence-electron chi connectivity index (χ0n) is 18.9. The predicted octanol–water partition coefficient (Wildman–Crippen LogP) is 2.67. The number of piperidine rings is 1. The van der Waals surface area contributed by atoms with E-state index in [1.165, 1.54) is 19.4 Å². The van der Waals surface area contributed by atoms with Crippen LogP contribution in [0.25, 0.3) is 0 Å². The summed E-state index contributed by atoms with van der Waals surface area (Å²) in [5.41, 5.74) is 0.917. The molecule has 0 spiro atoms. The molecule has 0 saturated carbocycles. The lowest BCUT2D eigenvalue weighted by molar-refractivity contribution is -0.384. The van der Waals surface area contributed by atoms with Gasteiger partial charge in [-0.3, -0.25) is 10.1 Å². The minimum atomic E-state index is -0.376. The normalized spacial score (nSPS) is 17.1. The number of ether oxygens (including phenoxy) is 2. The van der Waals surface area contributed by atoms with E-state index in [2.05, 4.69) is 39.6 Å². The minimum Gasteiger partial charge on any atom is -0.494 e. The first kappa shape index (κ1) is 23.3. The molecular formula is C21H28ClN7O4. The highest BCUT2D eigenvalue weighted by Crippen LogP contribution is 2.40. The molecule has 0 aliphatic carbocycles. The van der Waals surface area contributed by atoms with Crippen LogP contribution in [0.15, 0.2) is 18.3 Å². The van der Waals surface area contributed by atoms with E-state index in [0.29, 0.717) is 28.2 Å². The smallest absolute Gasteiger partial charge is 0.294 e. The maximum absolute atomic E-state index is 11.9. The molecule has 0 bridgehead atoms. The molecule has 0 atom stereocenters. The zero-order valence-corrected chi connectivity index (χ0v) is 19.6. The Morgan fingerprint density at radius 3 is 2.61 bits per heavy atom. The quantitative estimate of drug-likeness (QED) is 0.434. The van der Waals surface area contributed by atoms with E-state index in [1.807, 2.05) is 4.90 Å². The Bertz CT molecular complexity index is 1010. The molecule has 11 nitrogen and oxygen atoms in total. The summed E-state index contributed by atoms with van der Waals surface area (Å²) >= 11 is 6.17. The summed E-state index contributed by atoms with van der Waals surface area (Å²) in [5.74, 6) is 0.915. The molecule has 2 N–H and O–H groups in total. The van der Waals surface area contributed by atoms with Crippen LogP contribution >= 0.6 is 11.6 Å². The van der Waals surface area contributed by atoms with Gasteiger partial charge in [-0.25, -0.2) is 4.98 Å². The number of aromatic nitrogens is 2. The van der Waals surface area contributed by atoms with Crippen LogP contribution in [0, 0.1) is 10.1 Å². The van der Waals surface area contributed by atoms with Crippen molar-refractivity contribution >= 4 is 34.6 Å². The summed E-state index contributed by atoms with van der Waals surface area (Å²) in [6, 6.07) is 3.63. The average Bonchev–Trinajstić information content (AvgIpc) is 2.77. The standard InChI is InChI=1S/C21H28ClN7O4/c1-27(2)13-4-6-28(7-5-13)17-9-19(32-3)16(8-18(17)29(30)31)25-21-24-12-15(22)20(26-21)33-14-10-23-11-14/h8-9,12-14,23H,4-7,10-11H2,1-3H3,(H,24,25,26). The summed E-state index contributed by atoms with van der Waals surface area (Å²) in [6.07, 6.45) is 3.30. The van der Waals surface area contributed by atoms with Crippen molar-refractivity contribution in [2.24, 2.45) is 0 Å². The van der Waals surface area contributed by atoms with Crippen molar-refractivity contribution in [3.05, 3.63) is 33.5 Å². The topological polar surface area (TPSA) is 118 Å². The first-order valence-electron chi connectivity index (χ1n) is 10.8. The lowest BCUT2D eigenvalue weighted by Gasteiger charge is -2.36.